The molecule has 1 atom stereocenters. The number of hydrogen-bond acceptors (Lipinski definition) is 2. The van der Waals surface area contributed by atoms with Crippen molar-refractivity contribution >= 4 is 17.6 Å². The van der Waals surface area contributed by atoms with Crippen LogP contribution in [0.4, 0.5) is 0 Å². The molecule has 0 radical (unpaired) electrons. The summed E-state index contributed by atoms with van der Waals surface area (Å²) in [6.45, 7) is 6.43. The van der Waals surface area contributed by atoms with E-state index in [1.165, 1.54) is 27.8 Å². The lowest BCUT2D eigenvalue weighted by atomic mass is 9.90. The van der Waals surface area contributed by atoms with Gasteiger partial charge in [0.05, 0.1) is 0 Å². The van der Waals surface area contributed by atoms with Crippen LogP contribution in [0.25, 0.3) is 10.4 Å². The van der Waals surface area contributed by atoms with Crippen LogP contribution in [0.1, 0.15) is 49.7 Å². The molecule has 0 aliphatic rings. The third-order valence-corrected chi connectivity index (χ3v) is 6.71. The molecule has 0 bridgehead atoms. The summed E-state index contributed by atoms with van der Waals surface area (Å²) in [5.41, 5.74) is 9.03. The maximum Gasteiger partial charge on any atom is 0.150 e. The van der Waals surface area contributed by atoms with E-state index in [2.05, 4.69) is 86.5 Å². The van der Waals surface area contributed by atoms with Gasteiger partial charge < -0.3 is 0 Å². The first-order valence-electron chi connectivity index (χ1n) is 10.8. The van der Waals surface area contributed by atoms with E-state index >= 15 is 0 Å². The lowest BCUT2D eigenvalue weighted by molar-refractivity contribution is 0.112. The first-order valence-corrected chi connectivity index (χ1v) is 11.7. The average Bonchev–Trinajstić information content (AvgIpc) is 3.34. The molecule has 0 amide bonds. The monoisotopic (exact) mass is 434 g/mol. The molecule has 4 rings (SSSR count). The van der Waals surface area contributed by atoms with Crippen molar-refractivity contribution in [1.82, 2.24) is 0 Å². The van der Waals surface area contributed by atoms with Gasteiger partial charge in [0, 0.05) is 27.5 Å². The number of hydrogen-bond donors (Lipinski definition) is 0. The van der Waals surface area contributed by atoms with Crippen molar-refractivity contribution in [1.29, 1.82) is 0 Å². The maximum atomic E-state index is 11.3. The highest BCUT2D eigenvalue weighted by atomic mass is 32.1. The van der Waals surface area contributed by atoms with E-state index in [1.54, 1.807) is 11.3 Å². The number of carbonyl (C=O) groups excluding carboxylic acids is 1. The van der Waals surface area contributed by atoms with Crippen molar-refractivity contribution in [2.45, 2.75) is 33.1 Å². The fraction of sp³-hybridized carbons (Fsp3) is 0.167. The van der Waals surface area contributed by atoms with Crippen molar-refractivity contribution < 1.29 is 4.79 Å². The summed E-state index contributed by atoms with van der Waals surface area (Å²) in [5.74, 6) is 7.11. The fourth-order valence-electron chi connectivity index (χ4n) is 3.85. The zero-order valence-electron chi connectivity index (χ0n) is 18.7. The van der Waals surface area contributed by atoms with Crippen molar-refractivity contribution in [2.75, 3.05) is 0 Å². The summed E-state index contributed by atoms with van der Waals surface area (Å²) in [4.78, 5) is 12.5. The number of carbonyl (C=O) groups is 1. The fourth-order valence-corrected chi connectivity index (χ4v) is 4.61. The normalized spacial score (nSPS) is 11.5. The molecule has 0 aliphatic heterocycles. The van der Waals surface area contributed by atoms with E-state index in [0.29, 0.717) is 5.56 Å². The van der Waals surface area contributed by atoms with Gasteiger partial charge in [-0.1, -0.05) is 72.0 Å². The summed E-state index contributed by atoms with van der Waals surface area (Å²) < 4.78 is 0. The van der Waals surface area contributed by atoms with Gasteiger partial charge in [0.1, 0.15) is 6.29 Å². The summed E-state index contributed by atoms with van der Waals surface area (Å²) in [6.07, 6.45) is 1.75. The van der Waals surface area contributed by atoms with Crippen LogP contribution < -0.4 is 0 Å². The Hall–Kier alpha value is -3.41. The molecule has 0 saturated carbocycles. The first-order chi connectivity index (χ1) is 15.5. The lowest BCUT2D eigenvalue weighted by Crippen LogP contribution is -2.02. The molecule has 0 spiro atoms. The van der Waals surface area contributed by atoms with E-state index in [1.807, 2.05) is 24.3 Å². The lowest BCUT2D eigenvalue weighted by Gasteiger charge is -2.14. The maximum absolute atomic E-state index is 11.3. The second-order valence-corrected chi connectivity index (χ2v) is 9.21. The Kier molecular flexibility index (Phi) is 6.69. The molecule has 0 aliphatic carbocycles. The van der Waals surface area contributed by atoms with Gasteiger partial charge in [-0.15, -0.1) is 11.3 Å². The number of aryl methyl sites for hydroxylation is 3. The third-order valence-electron chi connectivity index (χ3n) is 5.80. The molecule has 2 heteroatoms. The molecule has 1 nitrogen and oxygen atoms in total. The minimum Gasteiger partial charge on any atom is -0.298 e. The molecule has 4 aromatic rings. The Bertz CT molecular complexity index is 1300. The van der Waals surface area contributed by atoms with E-state index in [0.717, 1.165) is 28.7 Å². The predicted octanol–water partition coefficient (Wildman–Crippen LogP) is 7.53. The van der Waals surface area contributed by atoms with Gasteiger partial charge in [-0.3, -0.25) is 4.79 Å². The van der Waals surface area contributed by atoms with Crippen LogP contribution in [0.3, 0.4) is 0 Å². The smallest absolute Gasteiger partial charge is 0.150 e. The van der Waals surface area contributed by atoms with Gasteiger partial charge in [0.15, 0.2) is 0 Å². The van der Waals surface area contributed by atoms with Crippen molar-refractivity contribution in [3.05, 3.63) is 117 Å². The summed E-state index contributed by atoms with van der Waals surface area (Å²) >= 11 is 1.66. The van der Waals surface area contributed by atoms with Gasteiger partial charge in [-0.25, -0.2) is 0 Å². The molecule has 0 N–H and O–H groups in total. The van der Waals surface area contributed by atoms with Gasteiger partial charge in [-0.05, 0) is 73.0 Å². The largest absolute Gasteiger partial charge is 0.298 e. The standard InChI is InChI=1S/C30H26OS/c1-21-6-4-7-27(16-21)28(18-24-10-9-22(2)23(3)17-24)14-13-26-12-11-25(20-31)19-29(26)30-8-5-15-32-30/h4-12,15-17,19-20,28H,18H2,1-3H3. The number of aldehydes is 1. The summed E-state index contributed by atoms with van der Waals surface area (Å²) in [5, 5.41) is 2.05. The van der Waals surface area contributed by atoms with Gasteiger partial charge >= 0.3 is 0 Å². The third kappa shape index (κ3) is 5.07. The number of thiophene rings is 1. The van der Waals surface area contributed by atoms with Gasteiger partial charge in [-0.2, -0.15) is 0 Å². The second-order valence-electron chi connectivity index (χ2n) is 8.26. The first kappa shape index (κ1) is 21.8. The Morgan fingerprint density at radius 3 is 2.50 bits per heavy atom. The Labute approximate surface area is 194 Å². The number of rotatable bonds is 5. The highest BCUT2D eigenvalue weighted by Crippen LogP contribution is 2.29. The molecule has 32 heavy (non-hydrogen) atoms. The highest BCUT2D eigenvalue weighted by molar-refractivity contribution is 7.13. The van der Waals surface area contributed by atoms with Crippen LogP contribution in [0.2, 0.25) is 0 Å². The van der Waals surface area contributed by atoms with Crippen molar-refractivity contribution in [2.24, 2.45) is 0 Å². The summed E-state index contributed by atoms with van der Waals surface area (Å²) in [7, 11) is 0. The van der Waals surface area contributed by atoms with Crippen LogP contribution in [0.15, 0.2) is 78.2 Å². The zero-order chi connectivity index (χ0) is 22.5. The molecular formula is C30H26OS. The van der Waals surface area contributed by atoms with E-state index in [-0.39, 0.29) is 5.92 Å². The van der Waals surface area contributed by atoms with Crippen LogP contribution in [0, 0.1) is 32.6 Å². The molecule has 158 valence electrons. The van der Waals surface area contributed by atoms with Crippen molar-refractivity contribution in [3.8, 4) is 22.3 Å². The number of benzene rings is 3. The average molecular weight is 435 g/mol. The molecule has 1 unspecified atom stereocenters. The highest BCUT2D eigenvalue weighted by Gasteiger charge is 2.12. The molecular weight excluding hydrogens is 408 g/mol. The zero-order valence-corrected chi connectivity index (χ0v) is 19.5. The Morgan fingerprint density at radius 1 is 0.906 bits per heavy atom. The van der Waals surface area contributed by atoms with Crippen LogP contribution in [-0.2, 0) is 6.42 Å². The van der Waals surface area contributed by atoms with E-state index in [4.69, 9.17) is 0 Å². The quantitative estimate of drug-likeness (QED) is 0.234. The topological polar surface area (TPSA) is 17.1 Å². The van der Waals surface area contributed by atoms with Crippen LogP contribution in [0.5, 0.6) is 0 Å². The Balaban J connectivity index is 1.76. The predicted molar refractivity (Wildman–Crippen MR) is 136 cm³/mol. The van der Waals surface area contributed by atoms with Crippen LogP contribution in [-0.4, -0.2) is 6.29 Å². The SMILES string of the molecule is Cc1cccc(C(C#Cc2ccc(C=O)cc2-c2cccs2)Cc2ccc(C)c(C)c2)c1. The van der Waals surface area contributed by atoms with E-state index < -0.39 is 0 Å². The minimum atomic E-state index is 0.0824. The molecule has 1 aromatic heterocycles. The van der Waals surface area contributed by atoms with E-state index in [9.17, 15) is 4.79 Å². The van der Waals surface area contributed by atoms with Gasteiger partial charge in [0.2, 0.25) is 0 Å². The minimum absolute atomic E-state index is 0.0824. The summed E-state index contributed by atoms with van der Waals surface area (Å²) in [6, 6.07) is 25.2. The van der Waals surface area contributed by atoms with Gasteiger partial charge in [0.25, 0.3) is 0 Å². The van der Waals surface area contributed by atoms with Crippen molar-refractivity contribution in [3.63, 3.8) is 0 Å². The molecule has 0 fully saturated rings. The molecule has 1 heterocycles. The Morgan fingerprint density at radius 2 is 1.78 bits per heavy atom. The molecule has 3 aromatic carbocycles. The second kappa shape index (κ2) is 9.81. The van der Waals surface area contributed by atoms with Crippen LogP contribution >= 0.6 is 11.3 Å². The molecule has 0 saturated heterocycles.